The van der Waals surface area contributed by atoms with Crippen LogP contribution in [0, 0.1) is 6.92 Å². The molecule has 0 aliphatic heterocycles. The zero-order valence-electron chi connectivity index (χ0n) is 18.4. The zero-order valence-corrected chi connectivity index (χ0v) is 18.4. The Labute approximate surface area is 184 Å². The van der Waals surface area contributed by atoms with E-state index >= 15 is 0 Å². The molecule has 31 heavy (non-hydrogen) atoms. The van der Waals surface area contributed by atoms with E-state index in [1.165, 1.54) is 33.4 Å². The van der Waals surface area contributed by atoms with Crippen LogP contribution in [0.25, 0.3) is 11.1 Å². The summed E-state index contributed by atoms with van der Waals surface area (Å²) < 4.78 is 5.14. The standard InChI is InChI=1S/C28H29NO2/c1-3-31-28(30)27-13-7-12-26(29-27)25-11-6-10-24(25)23-9-5-4-8-22(23)19-18-21-16-14-20(2)15-17-21/h4-5,7-9,12-17H,3,6,10-11,18-19H2,1-2H3. The van der Waals surface area contributed by atoms with Crippen LogP contribution in [0.5, 0.6) is 0 Å². The van der Waals surface area contributed by atoms with E-state index in [0.29, 0.717) is 12.3 Å². The molecule has 3 heteroatoms. The van der Waals surface area contributed by atoms with Gasteiger partial charge in [0.15, 0.2) is 0 Å². The molecule has 0 bridgehead atoms. The Morgan fingerprint density at radius 2 is 1.68 bits per heavy atom. The number of rotatable bonds is 7. The van der Waals surface area contributed by atoms with E-state index in [-0.39, 0.29) is 5.97 Å². The summed E-state index contributed by atoms with van der Waals surface area (Å²) in [5.41, 5.74) is 9.26. The van der Waals surface area contributed by atoms with Gasteiger partial charge in [0.1, 0.15) is 5.69 Å². The van der Waals surface area contributed by atoms with Gasteiger partial charge in [0.05, 0.1) is 12.3 Å². The van der Waals surface area contributed by atoms with Gasteiger partial charge in [-0.05, 0) is 85.9 Å². The third-order valence-corrected chi connectivity index (χ3v) is 5.91. The second-order valence-electron chi connectivity index (χ2n) is 8.08. The minimum atomic E-state index is -0.358. The van der Waals surface area contributed by atoms with Gasteiger partial charge in [-0.2, -0.15) is 0 Å². The second-order valence-corrected chi connectivity index (χ2v) is 8.08. The van der Waals surface area contributed by atoms with Gasteiger partial charge in [0, 0.05) is 0 Å². The predicted octanol–water partition coefficient (Wildman–Crippen LogP) is 6.45. The summed E-state index contributed by atoms with van der Waals surface area (Å²) in [6.07, 6.45) is 5.17. The minimum Gasteiger partial charge on any atom is -0.461 e. The summed E-state index contributed by atoms with van der Waals surface area (Å²) in [5.74, 6) is -0.358. The van der Waals surface area contributed by atoms with E-state index in [1.807, 2.05) is 19.1 Å². The molecular formula is C28H29NO2. The molecule has 158 valence electrons. The summed E-state index contributed by atoms with van der Waals surface area (Å²) in [6, 6.07) is 23.2. The highest BCUT2D eigenvalue weighted by atomic mass is 16.5. The number of ether oxygens (including phenoxy) is 1. The van der Waals surface area contributed by atoms with Gasteiger partial charge in [0.2, 0.25) is 0 Å². The molecule has 1 aromatic heterocycles. The fraction of sp³-hybridized carbons (Fsp3) is 0.286. The Morgan fingerprint density at radius 3 is 2.48 bits per heavy atom. The van der Waals surface area contributed by atoms with Crippen LogP contribution in [0.3, 0.4) is 0 Å². The molecule has 3 nitrogen and oxygen atoms in total. The zero-order chi connectivity index (χ0) is 21.6. The molecule has 0 saturated carbocycles. The first-order chi connectivity index (χ1) is 15.2. The molecule has 1 aliphatic carbocycles. The van der Waals surface area contributed by atoms with Crippen molar-refractivity contribution in [2.45, 2.75) is 46.0 Å². The van der Waals surface area contributed by atoms with Gasteiger partial charge < -0.3 is 4.74 Å². The normalized spacial score (nSPS) is 13.5. The monoisotopic (exact) mass is 411 g/mol. The Morgan fingerprint density at radius 1 is 0.903 bits per heavy atom. The van der Waals surface area contributed by atoms with Crippen molar-refractivity contribution in [1.82, 2.24) is 4.98 Å². The Bertz CT molecular complexity index is 1100. The van der Waals surface area contributed by atoms with Gasteiger partial charge in [-0.3, -0.25) is 0 Å². The van der Waals surface area contributed by atoms with Crippen molar-refractivity contribution >= 4 is 17.1 Å². The maximum Gasteiger partial charge on any atom is 0.356 e. The number of allylic oxidation sites excluding steroid dienone is 2. The van der Waals surface area contributed by atoms with E-state index < -0.39 is 0 Å². The number of hydrogen-bond acceptors (Lipinski definition) is 3. The average Bonchev–Trinajstić information content (AvgIpc) is 3.29. The fourth-order valence-electron chi connectivity index (χ4n) is 4.31. The number of carbonyl (C=O) groups is 1. The highest BCUT2D eigenvalue weighted by Gasteiger charge is 2.21. The van der Waals surface area contributed by atoms with Crippen molar-refractivity contribution in [3.05, 3.63) is 100 Å². The van der Waals surface area contributed by atoms with Crippen LogP contribution in [0.4, 0.5) is 0 Å². The predicted molar refractivity (Wildman–Crippen MR) is 126 cm³/mol. The number of aromatic nitrogens is 1. The average molecular weight is 412 g/mol. The number of carbonyl (C=O) groups excluding carboxylic acids is 1. The number of esters is 1. The van der Waals surface area contributed by atoms with Crippen LogP contribution < -0.4 is 0 Å². The van der Waals surface area contributed by atoms with Crippen LogP contribution in [0.15, 0.2) is 66.7 Å². The molecule has 0 spiro atoms. The summed E-state index contributed by atoms with van der Waals surface area (Å²) >= 11 is 0. The largest absolute Gasteiger partial charge is 0.461 e. The Hall–Kier alpha value is -3.20. The van der Waals surface area contributed by atoms with Crippen molar-refractivity contribution in [2.24, 2.45) is 0 Å². The number of pyridine rings is 1. The molecule has 2 aromatic carbocycles. The maximum atomic E-state index is 12.2. The molecule has 0 radical (unpaired) electrons. The van der Waals surface area contributed by atoms with E-state index in [4.69, 9.17) is 4.74 Å². The van der Waals surface area contributed by atoms with Gasteiger partial charge in [-0.25, -0.2) is 9.78 Å². The van der Waals surface area contributed by atoms with Crippen LogP contribution >= 0.6 is 0 Å². The number of nitrogens with zero attached hydrogens (tertiary/aromatic N) is 1. The molecular weight excluding hydrogens is 382 g/mol. The highest BCUT2D eigenvalue weighted by molar-refractivity contribution is 5.94. The Balaban J connectivity index is 1.64. The van der Waals surface area contributed by atoms with Crippen molar-refractivity contribution in [2.75, 3.05) is 6.61 Å². The van der Waals surface area contributed by atoms with Crippen molar-refractivity contribution in [1.29, 1.82) is 0 Å². The van der Waals surface area contributed by atoms with E-state index in [0.717, 1.165) is 37.8 Å². The number of aryl methyl sites for hydroxylation is 3. The lowest BCUT2D eigenvalue weighted by molar-refractivity contribution is 0.0519. The third-order valence-electron chi connectivity index (χ3n) is 5.91. The van der Waals surface area contributed by atoms with E-state index in [1.54, 1.807) is 6.07 Å². The van der Waals surface area contributed by atoms with E-state index in [9.17, 15) is 4.79 Å². The molecule has 0 fully saturated rings. The van der Waals surface area contributed by atoms with Gasteiger partial charge in [-0.1, -0.05) is 60.2 Å². The van der Waals surface area contributed by atoms with E-state index in [2.05, 4.69) is 60.4 Å². The topological polar surface area (TPSA) is 39.2 Å². The number of benzene rings is 2. The first-order valence-electron chi connectivity index (χ1n) is 11.2. The van der Waals surface area contributed by atoms with Crippen LogP contribution in [-0.4, -0.2) is 17.6 Å². The molecule has 4 rings (SSSR count). The SMILES string of the molecule is CCOC(=O)c1cccc(C2=C(c3ccccc3CCc3ccc(C)cc3)CCC2)n1. The molecule has 0 amide bonds. The van der Waals surface area contributed by atoms with Gasteiger partial charge in [0.25, 0.3) is 0 Å². The summed E-state index contributed by atoms with van der Waals surface area (Å²) in [6.45, 7) is 4.29. The third kappa shape index (κ3) is 4.93. The first kappa shape index (κ1) is 21.0. The second kappa shape index (κ2) is 9.74. The highest BCUT2D eigenvalue weighted by Crippen LogP contribution is 2.40. The Kier molecular flexibility index (Phi) is 6.61. The van der Waals surface area contributed by atoms with Crippen LogP contribution in [-0.2, 0) is 17.6 Å². The summed E-state index contributed by atoms with van der Waals surface area (Å²) in [5, 5.41) is 0. The van der Waals surface area contributed by atoms with Crippen molar-refractivity contribution in [3.63, 3.8) is 0 Å². The lowest BCUT2D eigenvalue weighted by atomic mass is 9.92. The first-order valence-corrected chi connectivity index (χ1v) is 11.2. The van der Waals surface area contributed by atoms with Crippen molar-refractivity contribution in [3.8, 4) is 0 Å². The quantitative estimate of drug-likeness (QED) is 0.420. The number of hydrogen-bond donors (Lipinski definition) is 0. The lowest BCUT2D eigenvalue weighted by Gasteiger charge is -2.14. The molecule has 0 saturated heterocycles. The van der Waals surface area contributed by atoms with Crippen LogP contribution in [0.1, 0.15) is 64.6 Å². The molecule has 0 atom stereocenters. The summed E-state index contributed by atoms with van der Waals surface area (Å²) in [4.78, 5) is 16.8. The molecule has 3 aromatic rings. The van der Waals surface area contributed by atoms with Gasteiger partial charge >= 0.3 is 5.97 Å². The fourth-order valence-corrected chi connectivity index (χ4v) is 4.31. The molecule has 1 heterocycles. The molecule has 0 N–H and O–H groups in total. The lowest BCUT2D eigenvalue weighted by Crippen LogP contribution is -2.08. The smallest absolute Gasteiger partial charge is 0.356 e. The molecule has 1 aliphatic rings. The van der Waals surface area contributed by atoms with Crippen molar-refractivity contribution < 1.29 is 9.53 Å². The molecule has 0 unspecified atom stereocenters. The van der Waals surface area contributed by atoms with Gasteiger partial charge in [-0.15, -0.1) is 0 Å². The summed E-state index contributed by atoms with van der Waals surface area (Å²) in [7, 11) is 0. The maximum absolute atomic E-state index is 12.2. The van der Waals surface area contributed by atoms with Crippen LogP contribution in [0.2, 0.25) is 0 Å². The minimum absolute atomic E-state index is 0.354.